The van der Waals surface area contributed by atoms with Crippen molar-refractivity contribution in [3.63, 3.8) is 0 Å². The minimum absolute atomic E-state index is 0.0743. The van der Waals surface area contributed by atoms with E-state index in [-0.39, 0.29) is 11.7 Å². The van der Waals surface area contributed by atoms with Gasteiger partial charge in [-0.05, 0) is 67.6 Å². The highest BCUT2D eigenvalue weighted by Crippen LogP contribution is 2.29. The number of ether oxygens (including phenoxy) is 2. The number of hydrogen-bond donors (Lipinski definition) is 2. The zero-order chi connectivity index (χ0) is 25.3. The van der Waals surface area contributed by atoms with Crippen LogP contribution in [0.3, 0.4) is 0 Å². The monoisotopic (exact) mass is 487 g/mol. The Morgan fingerprint density at radius 2 is 1.83 bits per heavy atom. The predicted molar refractivity (Wildman–Crippen MR) is 141 cm³/mol. The first-order valence-corrected chi connectivity index (χ1v) is 12.3. The molecule has 3 aromatic carbocycles. The van der Waals surface area contributed by atoms with Crippen molar-refractivity contribution in [2.75, 3.05) is 20.3 Å². The van der Waals surface area contributed by atoms with E-state index in [1.165, 1.54) is 0 Å². The summed E-state index contributed by atoms with van der Waals surface area (Å²) < 4.78 is 11.1. The number of methoxy groups -OCH3 is 1. The molecule has 0 radical (unpaired) electrons. The van der Waals surface area contributed by atoms with Crippen LogP contribution in [0.1, 0.15) is 36.5 Å². The quantitative estimate of drug-likeness (QED) is 0.439. The third-order valence-corrected chi connectivity index (χ3v) is 6.15. The minimum Gasteiger partial charge on any atom is -0.508 e. The van der Waals surface area contributed by atoms with E-state index in [0.29, 0.717) is 37.6 Å². The predicted octanol–water partition coefficient (Wildman–Crippen LogP) is 4.53. The summed E-state index contributed by atoms with van der Waals surface area (Å²) in [5.74, 6) is 1.47. The second-order valence-corrected chi connectivity index (χ2v) is 8.70. The summed E-state index contributed by atoms with van der Waals surface area (Å²) >= 11 is 0. The Kier molecular flexibility index (Phi) is 8.57. The highest BCUT2D eigenvalue weighted by Gasteiger charge is 2.27. The fraction of sp³-hybridized carbons (Fsp3) is 0.310. The van der Waals surface area contributed by atoms with Crippen LogP contribution in [0.5, 0.6) is 17.2 Å². The van der Waals surface area contributed by atoms with Crippen LogP contribution in [0.15, 0.2) is 77.9 Å². The normalized spacial score (nSPS) is 14.2. The second kappa shape index (κ2) is 12.2. The fourth-order valence-electron chi connectivity index (χ4n) is 4.26. The van der Waals surface area contributed by atoms with E-state index in [1.54, 1.807) is 24.3 Å². The van der Waals surface area contributed by atoms with E-state index in [4.69, 9.17) is 14.6 Å². The molecule has 36 heavy (non-hydrogen) atoms. The van der Waals surface area contributed by atoms with Crippen LogP contribution in [0.4, 0.5) is 0 Å². The number of nitrogens with one attached hydrogen (secondary N) is 1. The SMILES string of the molecule is CCOc1cc(C2=NN(C(=O)[C@H](Cc3ccc(O)cc3)NCc3ccccc3)CCC2)ccc1OC. The van der Waals surface area contributed by atoms with Crippen molar-refractivity contribution in [1.29, 1.82) is 0 Å². The largest absolute Gasteiger partial charge is 0.508 e. The molecule has 1 amide bonds. The minimum atomic E-state index is -0.465. The number of rotatable bonds is 10. The van der Waals surface area contributed by atoms with Crippen molar-refractivity contribution >= 4 is 11.6 Å². The number of phenolic OH excluding ortho intramolecular Hbond substituents is 1. The zero-order valence-electron chi connectivity index (χ0n) is 20.8. The van der Waals surface area contributed by atoms with E-state index in [0.717, 1.165) is 35.2 Å². The summed E-state index contributed by atoms with van der Waals surface area (Å²) in [6, 6.07) is 22.3. The number of hydrazone groups is 1. The van der Waals surface area contributed by atoms with E-state index in [9.17, 15) is 9.90 Å². The summed E-state index contributed by atoms with van der Waals surface area (Å²) in [6.45, 7) is 3.59. The Morgan fingerprint density at radius 1 is 1.06 bits per heavy atom. The molecule has 1 atom stereocenters. The Morgan fingerprint density at radius 3 is 2.56 bits per heavy atom. The molecule has 188 valence electrons. The van der Waals surface area contributed by atoms with Gasteiger partial charge in [-0.2, -0.15) is 5.10 Å². The summed E-state index contributed by atoms with van der Waals surface area (Å²) in [4.78, 5) is 13.7. The van der Waals surface area contributed by atoms with Crippen LogP contribution in [0.25, 0.3) is 0 Å². The maximum absolute atomic E-state index is 13.7. The molecule has 1 aliphatic rings. The van der Waals surface area contributed by atoms with Crippen molar-refractivity contribution in [3.05, 3.63) is 89.5 Å². The van der Waals surface area contributed by atoms with Crippen LogP contribution < -0.4 is 14.8 Å². The molecule has 0 aliphatic carbocycles. The molecule has 7 heteroatoms. The summed E-state index contributed by atoms with van der Waals surface area (Å²) in [5, 5.41) is 19.4. The second-order valence-electron chi connectivity index (χ2n) is 8.70. The van der Waals surface area contributed by atoms with Crippen molar-refractivity contribution in [3.8, 4) is 17.2 Å². The van der Waals surface area contributed by atoms with Gasteiger partial charge in [0.25, 0.3) is 5.91 Å². The van der Waals surface area contributed by atoms with Gasteiger partial charge in [0.15, 0.2) is 11.5 Å². The molecule has 0 aromatic heterocycles. The molecule has 7 nitrogen and oxygen atoms in total. The lowest BCUT2D eigenvalue weighted by molar-refractivity contribution is -0.133. The smallest absolute Gasteiger partial charge is 0.260 e. The number of aromatic hydroxyl groups is 1. The lowest BCUT2D eigenvalue weighted by Crippen LogP contribution is -2.47. The Hall–Kier alpha value is -3.84. The third-order valence-electron chi connectivity index (χ3n) is 6.15. The van der Waals surface area contributed by atoms with Crippen LogP contribution in [0, 0.1) is 0 Å². The van der Waals surface area contributed by atoms with E-state index in [2.05, 4.69) is 5.32 Å². The molecule has 1 aliphatic heterocycles. The first kappa shape index (κ1) is 25.3. The number of carbonyl (C=O) groups excluding carboxylic acids is 1. The van der Waals surface area contributed by atoms with Gasteiger partial charge in [0.1, 0.15) is 5.75 Å². The number of hydrogen-bond acceptors (Lipinski definition) is 6. The molecule has 0 saturated heterocycles. The molecule has 0 saturated carbocycles. The van der Waals surface area contributed by atoms with Crippen molar-refractivity contribution in [1.82, 2.24) is 10.3 Å². The lowest BCUT2D eigenvalue weighted by Gasteiger charge is -2.28. The maximum Gasteiger partial charge on any atom is 0.260 e. The maximum atomic E-state index is 13.7. The third kappa shape index (κ3) is 6.43. The number of phenols is 1. The van der Waals surface area contributed by atoms with Crippen LogP contribution in [-0.2, 0) is 17.8 Å². The number of nitrogens with zero attached hydrogens (tertiary/aromatic N) is 2. The van der Waals surface area contributed by atoms with Gasteiger partial charge in [0, 0.05) is 18.7 Å². The Labute approximate surface area is 212 Å². The van der Waals surface area contributed by atoms with Gasteiger partial charge >= 0.3 is 0 Å². The topological polar surface area (TPSA) is 83.4 Å². The van der Waals surface area contributed by atoms with E-state index >= 15 is 0 Å². The molecule has 0 unspecified atom stereocenters. The van der Waals surface area contributed by atoms with Crippen LogP contribution in [-0.4, -0.2) is 48.0 Å². The number of carbonyl (C=O) groups is 1. The van der Waals surface area contributed by atoms with Gasteiger partial charge < -0.3 is 19.9 Å². The first-order valence-electron chi connectivity index (χ1n) is 12.3. The van der Waals surface area contributed by atoms with Crippen molar-refractivity contribution in [2.45, 2.75) is 38.8 Å². The first-order chi connectivity index (χ1) is 17.6. The highest BCUT2D eigenvalue weighted by molar-refractivity contribution is 6.02. The molecule has 3 aromatic rings. The van der Waals surface area contributed by atoms with Gasteiger partial charge in [-0.1, -0.05) is 42.5 Å². The van der Waals surface area contributed by atoms with Crippen molar-refractivity contribution < 1.29 is 19.4 Å². The molecule has 2 N–H and O–H groups in total. The standard InChI is InChI=1S/C29H33N3O4/c1-3-36-28-19-23(13-16-27(28)35-2)25-10-7-17-32(31-25)29(34)26(18-21-11-14-24(33)15-12-21)30-20-22-8-5-4-6-9-22/h4-6,8-9,11-16,19,26,30,33H,3,7,10,17-18,20H2,1-2H3/t26-/m0/s1. The summed E-state index contributed by atoms with van der Waals surface area (Å²) in [7, 11) is 1.62. The zero-order valence-corrected chi connectivity index (χ0v) is 20.8. The average Bonchev–Trinajstić information content (AvgIpc) is 2.92. The van der Waals surface area contributed by atoms with Gasteiger partial charge in [0.05, 0.1) is 25.5 Å². The van der Waals surface area contributed by atoms with Gasteiger partial charge in [0.2, 0.25) is 0 Å². The number of benzene rings is 3. The highest BCUT2D eigenvalue weighted by atomic mass is 16.5. The molecule has 0 bridgehead atoms. The van der Waals surface area contributed by atoms with Gasteiger partial charge in [-0.25, -0.2) is 5.01 Å². The lowest BCUT2D eigenvalue weighted by atomic mass is 10.0. The van der Waals surface area contributed by atoms with Crippen molar-refractivity contribution in [2.24, 2.45) is 5.10 Å². The Bertz CT molecular complexity index is 1180. The molecular weight excluding hydrogens is 454 g/mol. The average molecular weight is 488 g/mol. The molecular formula is C29H33N3O4. The molecule has 4 rings (SSSR count). The molecule has 0 fully saturated rings. The van der Waals surface area contributed by atoms with Gasteiger partial charge in [-0.15, -0.1) is 0 Å². The molecule has 1 heterocycles. The summed E-state index contributed by atoms with van der Waals surface area (Å²) in [6.07, 6.45) is 2.09. The van der Waals surface area contributed by atoms with E-state index < -0.39 is 6.04 Å². The van der Waals surface area contributed by atoms with Crippen LogP contribution >= 0.6 is 0 Å². The number of amides is 1. The summed E-state index contributed by atoms with van der Waals surface area (Å²) in [5.41, 5.74) is 3.84. The fourth-order valence-corrected chi connectivity index (χ4v) is 4.26. The Balaban J connectivity index is 1.56. The van der Waals surface area contributed by atoms with Crippen LogP contribution in [0.2, 0.25) is 0 Å². The molecule has 0 spiro atoms. The van der Waals surface area contributed by atoms with Gasteiger partial charge in [-0.3, -0.25) is 4.79 Å². The van der Waals surface area contributed by atoms with E-state index in [1.807, 2.05) is 67.6 Å².